The van der Waals surface area contributed by atoms with Crippen molar-refractivity contribution >= 4 is 36.5 Å². The minimum atomic E-state index is -2.14. The molecule has 3 aromatic carbocycles. The Morgan fingerprint density at radius 2 is 0.963 bits per heavy atom. The molecular weight excluding hydrogens is 439 g/mol. The molecule has 2 nitrogen and oxygen atoms in total. The molecule has 0 heterocycles. The number of carboxylic acids is 1. The number of rotatable bonds is 4. The van der Waals surface area contributed by atoms with Crippen LogP contribution in [0.4, 0.5) is 0 Å². The fourth-order valence-electron chi connectivity index (χ4n) is 3.00. The van der Waals surface area contributed by atoms with Crippen LogP contribution in [0.25, 0.3) is 0 Å². The molecule has 3 aromatic rings. The van der Waals surface area contributed by atoms with Gasteiger partial charge in [0.2, 0.25) is 0 Å². The average molecular weight is 465 g/mol. The van der Waals surface area contributed by atoms with E-state index >= 15 is 0 Å². The van der Waals surface area contributed by atoms with Gasteiger partial charge in [-0.25, -0.2) is 0 Å². The Hall–Kier alpha value is -2.07. The first-order valence-electron chi connectivity index (χ1n) is 9.20. The SMILES string of the molecule is CCC(=O)[O-].Cc1cccc[c]1[Sn+]([c]1ccccc1C)[c]1ccccc1C. The predicted octanol–water partition coefficient (Wildman–Crippen LogP) is 2.27. The van der Waals surface area contributed by atoms with Crippen LogP contribution in [0, 0.1) is 20.8 Å². The summed E-state index contributed by atoms with van der Waals surface area (Å²) in [5, 5.41) is 9.26. The Kier molecular flexibility index (Phi) is 8.11. The summed E-state index contributed by atoms with van der Waals surface area (Å²) in [5.74, 6) is -0.995. The van der Waals surface area contributed by atoms with Gasteiger partial charge < -0.3 is 9.90 Å². The topological polar surface area (TPSA) is 40.1 Å². The second-order valence-electron chi connectivity index (χ2n) is 6.55. The fourth-order valence-corrected chi connectivity index (χ4v) is 11.8. The van der Waals surface area contributed by atoms with Gasteiger partial charge in [0, 0.05) is 5.97 Å². The van der Waals surface area contributed by atoms with Crippen molar-refractivity contribution in [1.82, 2.24) is 0 Å². The molecule has 27 heavy (non-hydrogen) atoms. The molecule has 138 valence electrons. The monoisotopic (exact) mass is 466 g/mol. The van der Waals surface area contributed by atoms with Gasteiger partial charge in [-0.3, -0.25) is 0 Å². The summed E-state index contributed by atoms with van der Waals surface area (Å²) in [6.45, 7) is 8.31. The Bertz CT molecular complexity index is 794. The van der Waals surface area contributed by atoms with Gasteiger partial charge in [0.15, 0.2) is 0 Å². The van der Waals surface area contributed by atoms with Gasteiger partial charge in [-0.15, -0.1) is 0 Å². The Labute approximate surface area is 169 Å². The first-order valence-corrected chi connectivity index (χ1v) is 13.5. The molecule has 0 saturated heterocycles. The van der Waals surface area contributed by atoms with Crippen molar-refractivity contribution in [3.8, 4) is 0 Å². The third-order valence-corrected chi connectivity index (χ3v) is 13.9. The Balaban J connectivity index is 0.000000465. The third kappa shape index (κ3) is 5.70. The molecule has 0 amide bonds. The van der Waals surface area contributed by atoms with E-state index in [4.69, 9.17) is 0 Å². The molecular formula is C24H26O2Sn. The molecule has 0 atom stereocenters. The van der Waals surface area contributed by atoms with Crippen LogP contribution in [0.1, 0.15) is 30.0 Å². The van der Waals surface area contributed by atoms with Gasteiger partial charge in [-0.1, -0.05) is 6.92 Å². The normalized spacial score (nSPS) is 9.93. The van der Waals surface area contributed by atoms with E-state index in [1.807, 2.05) is 0 Å². The third-order valence-electron chi connectivity index (χ3n) is 4.53. The standard InChI is InChI=1S/3C7H7.C3H6O2.Sn/c3*1-7-5-3-2-4-6-7;1-2-3(4)5;/h3*2-5H,1H3;2H2,1H3,(H,4,5);/q;;;;+1/p-1. The number of carboxylic acid groups (broad SMARTS) is 1. The van der Waals surface area contributed by atoms with Crippen LogP contribution >= 0.6 is 0 Å². The van der Waals surface area contributed by atoms with Crippen LogP contribution in [0.2, 0.25) is 0 Å². The van der Waals surface area contributed by atoms with E-state index in [1.165, 1.54) is 23.6 Å². The molecule has 0 N–H and O–H groups in total. The number of carbonyl (C=O) groups is 1. The summed E-state index contributed by atoms with van der Waals surface area (Å²) in [6, 6.07) is 26.8. The van der Waals surface area contributed by atoms with Crippen LogP contribution in [-0.2, 0) is 4.79 Å². The molecule has 0 bridgehead atoms. The van der Waals surface area contributed by atoms with Crippen molar-refractivity contribution in [2.75, 3.05) is 0 Å². The molecule has 0 unspecified atom stereocenters. The summed E-state index contributed by atoms with van der Waals surface area (Å²) in [5.41, 5.74) is 4.30. The van der Waals surface area contributed by atoms with E-state index in [2.05, 4.69) is 93.6 Å². The van der Waals surface area contributed by atoms with E-state index in [0.29, 0.717) is 0 Å². The van der Waals surface area contributed by atoms with Crippen LogP contribution in [-0.4, -0.2) is 25.7 Å². The second kappa shape index (κ2) is 10.3. The maximum absolute atomic E-state index is 9.26. The van der Waals surface area contributed by atoms with Gasteiger partial charge in [-0.05, 0) is 6.42 Å². The van der Waals surface area contributed by atoms with Crippen LogP contribution in [0.3, 0.4) is 0 Å². The number of hydrogen-bond acceptors (Lipinski definition) is 2. The van der Waals surface area contributed by atoms with E-state index in [1.54, 1.807) is 10.7 Å². The van der Waals surface area contributed by atoms with E-state index in [0.717, 1.165) is 0 Å². The molecule has 0 aliphatic rings. The molecule has 0 aromatic heterocycles. The van der Waals surface area contributed by atoms with Crippen LogP contribution < -0.4 is 15.8 Å². The number of aliphatic carboxylic acids is 1. The van der Waals surface area contributed by atoms with Gasteiger partial charge in [-0.2, -0.15) is 0 Å². The molecule has 0 radical (unpaired) electrons. The van der Waals surface area contributed by atoms with Gasteiger partial charge >= 0.3 is 141 Å². The molecule has 0 spiro atoms. The number of benzene rings is 3. The first kappa shape index (κ1) is 21.2. The van der Waals surface area contributed by atoms with E-state index < -0.39 is 25.7 Å². The van der Waals surface area contributed by atoms with Gasteiger partial charge in [0.25, 0.3) is 0 Å². The Morgan fingerprint density at radius 3 is 1.19 bits per heavy atom. The molecule has 0 fully saturated rings. The number of aryl methyl sites for hydroxylation is 3. The van der Waals surface area contributed by atoms with Crippen LogP contribution in [0.5, 0.6) is 0 Å². The van der Waals surface area contributed by atoms with Crippen molar-refractivity contribution in [2.24, 2.45) is 0 Å². The Morgan fingerprint density at radius 1 is 0.704 bits per heavy atom. The average Bonchev–Trinajstić information content (AvgIpc) is 2.66. The molecule has 0 aliphatic carbocycles. The number of hydrogen-bond donors (Lipinski definition) is 0. The van der Waals surface area contributed by atoms with Crippen molar-refractivity contribution in [3.05, 3.63) is 89.5 Å². The summed E-state index contributed by atoms with van der Waals surface area (Å²) >= 11 is -2.14. The number of carbonyl (C=O) groups excluding carboxylic acids is 1. The van der Waals surface area contributed by atoms with Gasteiger partial charge in [0.1, 0.15) is 0 Å². The predicted molar refractivity (Wildman–Crippen MR) is 113 cm³/mol. The second-order valence-corrected chi connectivity index (χ2v) is 13.3. The summed E-state index contributed by atoms with van der Waals surface area (Å²) in [7, 11) is 0. The molecule has 3 rings (SSSR count). The van der Waals surface area contributed by atoms with E-state index in [-0.39, 0.29) is 6.42 Å². The van der Waals surface area contributed by atoms with Crippen molar-refractivity contribution in [1.29, 1.82) is 0 Å². The molecule has 0 saturated carbocycles. The van der Waals surface area contributed by atoms with Crippen LogP contribution in [0.15, 0.2) is 72.8 Å². The maximum atomic E-state index is 9.26. The first-order chi connectivity index (χ1) is 13.0. The summed E-state index contributed by atoms with van der Waals surface area (Å²) in [4.78, 5) is 9.26. The zero-order valence-corrected chi connectivity index (χ0v) is 19.3. The van der Waals surface area contributed by atoms with Crippen molar-refractivity contribution < 1.29 is 9.90 Å². The van der Waals surface area contributed by atoms with Gasteiger partial charge in [0.05, 0.1) is 0 Å². The van der Waals surface area contributed by atoms with Crippen molar-refractivity contribution in [3.63, 3.8) is 0 Å². The van der Waals surface area contributed by atoms with Crippen molar-refractivity contribution in [2.45, 2.75) is 34.1 Å². The van der Waals surface area contributed by atoms with E-state index in [9.17, 15) is 9.90 Å². The minimum absolute atomic E-state index is 0.111. The molecule has 3 heteroatoms. The zero-order chi connectivity index (χ0) is 19.8. The quantitative estimate of drug-likeness (QED) is 0.555. The fraction of sp³-hybridized carbons (Fsp3) is 0.208. The summed E-state index contributed by atoms with van der Waals surface area (Å²) in [6.07, 6.45) is 0.111. The zero-order valence-electron chi connectivity index (χ0n) is 16.5. The molecule has 0 aliphatic heterocycles. The summed E-state index contributed by atoms with van der Waals surface area (Å²) < 4.78 is 4.77.